The lowest BCUT2D eigenvalue weighted by Crippen LogP contribution is -2.04. The summed E-state index contributed by atoms with van der Waals surface area (Å²) >= 11 is 0. The molecule has 0 N–H and O–H groups in total. The van der Waals surface area contributed by atoms with Crippen LogP contribution in [-0.4, -0.2) is 9.97 Å². The number of rotatable bonds is 2. The van der Waals surface area contributed by atoms with Crippen molar-refractivity contribution in [3.05, 3.63) is 22.8 Å². The van der Waals surface area contributed by atoms with Gasteiger partial charge in [0, 0.05) is 17.2 Å². The molecule has 3 nitrogen and oxygen atoms in total. The van der Waals surface area contributed by atoms with Gasteiger partial charge in [-0.2, -0.15) is 5.26 Å². The molecule has 1 heterocycles. The second-order valence-electron chi connectivity index (χ2n) is 3.73. The molecule has 1 aliphatic carbocycles. The molecule has 1 saturated carbocycles. The number of hydrogen-bond acceptors (Lipinski definition) is 3. The first-order chi connectivity index (χ1) is 6.76. The molecule has 0 saturated heterocycles. The number of nitriles is 1. The van der Waals surface area contributed by atoms with Gasteiger partial charge in [-0.1, -0.05) is 6.92 Å². The van der Waals surface area contributed by atoms with E-state index in [1.165, 1.54) is 12.8 Å². The molecule has 0 aliphatic heterocycles. The second-order valence-corrected chi connectivity index (χ2v) is 3.73. The largest absolute Gasteiger partial charge is 0.238 e. The molecule has 0 amide bonds. The van der Waals surface area contributed by atoms with Gasteiger partial charge in [-0.15, -0.1) is 0 Å². The number of nitrogens with zero attached hydrogens (tertiary/aromatic N) is 3. The van der Waals surface area contributed by atoms with Crippen LogP contribution in [-0.2, 0) is 6.42 Å². The summed E-state index contributed by atoms with van der Waals surface area (Å²) in [5, 5.41) is 8.96. The van der Waals surface area contributed by atoms with Crippen LogP contribution in [0.3, 0.4) is 0 Å². The van der Waals surface area contributed by atoms with E-state index in [0.717, 1.165) is 23.5 Å². The zero-order valence-electron chi connectivity index (χ0n) is 8.54. The van der Waals surface area contributed by atoms with Crippen molar-refractivity contribution >= 4 is 0 Å². The van der Waals surface area contributed by atoms with Crippen LogP contribution in [0.25, 0.3) is 0 Å². The minimum atomic E-state index is 0.520. The minimum Gasteiger partial charge on any atom is -0.238 e. The SMILES string of the molecule is CCc1c(C)nc(C2CC2)nc1C#N. The van der Waals surface area contributed by atoms with Gasteiger partial charge in [0.25, 0.3) is 0 Å². The van der Waals surface area contributed by atoms with Gasteiger partial charge in [-0.05, 0) is 26.2 Å². The van der Waals surface area contributed by atoms with Gasteiger partial charge in [0.2, 0.25) is 0 Å². The van der Waals surface area contributed by atoms with Crippen LogP contribution in [0.4, 0.5) is 0 Å². The molecule has 14 heavy (non-hydrogen) atoms. The van der Waals surface area contributed by atoms with Crippen LogP contribution in [0.2, 0.25) is 0 Å². The molecule has 0 spiro atoms. The normalized spacial score (nSPS) is 15.2. The molecule has 0 aromatic carbocycles. The van der Waals surface area contributed by atoms with Gasteiger partial charge in [-0.3, -0.25) is 0 Å². The first-order valence-electron chi connectivity index (χ1n) is 5.03. The summed E-state index contributed by atoms with van der Waals surface area (Å²) < 4.78 is 0. The van der Waals surface area contributed by atoms with E-state index < -0.39 is 0 Å². The predicted octanol–water partition coefficient (Wildman–Crippen LogP) is 2.10. The van der Waals surface area contributed by atoms with E-state index in [1.54, 1.807) is 0 Å². The van der Waals surface area contributed by atoms with Crippen molar-refractivity contribution in [2.24, 2.45) is 0 Å². The Morgan fingerprint density at radius 3 is 2.64 bits per heavy atom. The fourth-order valence-electron chi connectivity index (χ4n) is 1.66. The molecule has 0 radical (unpaired) electrons. The summed E-state index contributed by atoms with van der Waals surface area (Å²) in [6.45, 7) is 4.00. The van der Waals surface area contributed by atoms with Crippen molar-refractivity contribution < 1.29 is 0 Å². The van der Waals surface area contributed by atoms with Crippen molar-refractivity contribution in [2.75, 3.05) is 0 Å². The summed E-state index contributed by atoms with van der Waals surface area (Å²) in [4.78, 5) is 8.76. The third-order valence-corrected chi connectivity index (χ3v) is 2.63. The maximum Gasteiger partial charge on any atom is 0.147 e. The molecule has 0 unspecified atom stereocenters. The van der Waals surface area contributed by atoms with Gasteiger partial charge in [0.1, 0.15) is 17.6 Å². The molecule has 0 atom stereocenters. The van der Waals surface area contributed by atoms with Gasteiger partial charge < -0.3 is 0 Å². The topological polar surface area (TPSA) is 49.6 Å². The molecular weight excluding hydrogens is 174 g/mol. The van der Waals surface area contributed by atoms with Gasteiger partial charge in [-0.25, -0.2) is 9.97 Å². The Morgan fingerprint density at radius 1 is 1.43 bits per heavy atom. The van der Waals surface area contributed by atoms with Crippen LogP contribution in [0.1, 0.15) is 48.5 Å². The first-order valence-corrected chi connectivity index (χ1v) is 5.03. The van der Waals surface area contributed by atoms with Crippen LogP contribution in [0.5, 0.6) is 0 Å². The molecular formula is C11H13N3. The van der Waals surface area contributed by atoms with E-state index in [4.69, 9.17) is 5.26 Å². The monoisotopic (exact) mass is 187 g/mol. The molecule has 72 valence electrons. The van der Waals surface area contributed by atoms with Crippen molar-refractivity contribution in [3.8, 4) is 6.07 Å². The summed E-state index contributed by atoms with van der Waals surface area (Å²) in [6, 6.07) is 2.16. The van der Waals surface area contributed by atoms with Crippen molar-refractivity contribution in [3.63, 3.8) is 0 Å². The summed E-state index contributed by atoms with van der Waals surface area (Å²) in [5.74, 6) is 1.39. The summed E-state index contributed by atoms with van der Waals surface area (Å²) in [5.41, 5.74) is 2.54. The quantitative estimate of drug-likeness (QED) is 0.712. The average molecular weight is 187 g/mol. The van der Waals surface area contributed by atoms with Crippen LogP contribution < -0.4 is 0 Å². The Bertz CT molecular complexity index is 400. The molecule has 1 aliphatic rings. The Labute approximate surface area is 83.8 Å². The van der Waals surface area contributed by atoms with E-state index in [1.807, 2.05) is 13.8 Å². The van der Waals surface area contributed by atoms with Crippen molar-refractivity contribution in [1.29, 1.82) is 5.26 Å². The van der Waals surface area contributed by atoms with Crippen LogP contribution >= 0.6 is 0 Å². The van der Waals surface area contributed by atoms with Crippen molar-refractivity contribution in [1.82, 2.24) is 9.97 Å². The summed E-state index contributed by atoms with van der Waals surface area (Å²) in [7, 11) is 0. The molecule has 1 aromatic heterocycles. The third kappa shape index (κ3) is 1.48. The Morgan fingerprint density at radius 2 is 2.14 bits per heavy atom. The highest BCUT2D eigenvalue weighted by atomic mass is 14.9. The van der Waals surface area contributed by atoms with Gasteiger partial charge >= 0.3 is 0 Å². The first kappa shape index (κ1) is 9.14. The highest BCUT2D eigenvalue weighted by Crippen LogP contribution is 2.38. The second kappa shape index (κ2) is 3.38. The molecule has 3 heteroatoms. The Kier molecular flexibility index (Phi) is 2.20. The van der Waals surface area contributed by atoms with Crippen LogP contribution in [0.15, 0.2) is 0 Å². The number of aromatic nitrogens is 2. The maximum absolute atomic E-state index is 8.96. The summed E-state index contributed by atoms with van der Waals surface area (Å²) in [6.07, 6.45) is 3.19. The van der Waals surface area contributed by atoms with E-state index >= 15 is 0 Å². The zero-order chi connectivity index (χ0) is 10.1. The van der Waals surface area contributed by atoms with E-state index in [0.29, 0.717) is 11.6 Å². The molecule has 1 aromatic rings. The van der Waals surface area contributed by atoms with Crippen molar-refractivity contribution in [2.45, 2.75) is 39.0 Å². The number of aryl methyl sites for hydroxylation is 1. The fourth-order valence-corrected chi connectivity index (χ4v) is 1.66. The Hall–Kier alpha value is -1.43. The maximum atomic E-state index is 8.96. The lowest BCUT2D eigenvalue weighted by molar-refractivity contribution is 0.867. The lowest BCUT2D eigenvalue weighted by Gasteiger charge is -2.06. The highest BCUT2D eigenvalue weighted by Gasteiger charge is 2.27. The zero-order valence-corrected chi connectivity index (χ0v) is 8.54. The Balaban J connectivity index is 2.50. The number of hydrogen-bond donors (Lipinski definition) is 0. The lowest BCUT2D eigenvalue weighted by atomic mass is 10.1. The average Bonchev–Trinajstić information content (AvgIpc) is 2.99. The smallest absolute Gasteiger partial charge is 0.147 e. The minimum absolute atomic E-state index is 0.520. The van der Waals surface area contributed by atoms with E-state index in [2.05, 4.69) is 16.0 Å². The highest BCUT2D eigenvalue weighted by molar-refractivity contribution is 5.35. The fraction of sp³-hybridized carbons (Fsp3) is 0.545. The van der Waals surface area contributed by atoms with E-state index in [9.17, 15) is 0 Å². The van der Waals surface area contributed by atoms with Gasteiger partial charge in [0.05, 0.1) is 0 Å². The standard InChI is InChI=1S/C11H13N3/c1-3-9-7(2)13-11(8-4-5-8)14-10(9)6-12/h8H,3-5H2,1-2H3. The molecule has 1 fully saturated rings. The van der Waals surface area contributed by atoms with Crippen LogP contribution in [0, 0.1) is 18.3 Å². The van der Waals surface area contributed by atoms with Gasteiger partial charge in [0.15, 0.2) is 0 Å². The van der Waals surface area contributed by atoms with E-state index in [-0.39, 0.29) is 0 Å². The molecule has 0 bridgehead atoms. The molecule has 2 rings (SSSR count). The predicted molar refractivity (Wildman–Crippen MR) is 52.8 cm³/mol. The third-order valence-electron chi connectivity index (χ3n) is 2.63.